The molecule has 2 saturated carbocycles. The van der Waals surface area contributed by atoms with Gasteiger partial charge in [-0.2, -0.15) is 0 Å². The molecule has 2 aliphatic rings. The third-order valence-electron chi connectivity index (χ3n) is 4.36. The van der Waals surface area contributed by atoms with E-state index in [1.165, 1.54) is 36.8 Å². The highest BCUT2D eigenvalue weighted by molar-refractivity contribution is 5.33. The van der Waals surface area contributed by atoms with Crippen LogP contribution in [0.4, 0.5) is 0 Å². The van der Waals surface area contributed by atoms with Crippen LogP contribution in [0.25, 0.3) is 0 Å². The summed E-state index contributed by atoms with van der Waals surface area (Å²) in [5, 5.41) is 13.5. The molecule has 0 amide bonds. The van der Waals surface area contributed by atoms with Crippen LogP contribution >= 0.6 is 0 Å². The Morgan fingerprint density at radius 3 is 2.61 bits per heavy atom. The summed E-state index contributed by atoms with van der Waals surface area (Å²) < 4.78 is 0. The lowest BCUT2D eigenvalue weighted by atomic mass is 9.92. The average Bonchev–Trinajstić information content (AvgIpc) is 3.23. The maximum atomic E-state index is 9.98. The Hall–Kier alpha value is -0.860. The number of hydrogen-bond acceptors (Lipinski definition) is 2. The second-order valence-electron chi connectivity index (χ2n) is 5.81. The minimum absolute atomic E-state index is 0.146. The zero-order chi connectivity index (χ0) is 12.4. The first kappa shape index (κ1) is 12.2. The molecule has 2 unspecified atom stereocenters. The van der Waals surface area contributed by atoms with Gasteiger partial charge in [-0.3, -0.25) is 0 Å². The molecule has 2 fully saturated rings. The van der Waals surface area contributed by atoms with E-state index in [9.17, 15) is 5.11 Å². The fourth-order valence-corrected chi connectivity index (χ4v) is 3.08. The summed E-state index contributed by atoms with van der Waals surface area (Å²) in [4.78, 5) is 0. The zero-order valence-electron chi connectivity index (χ0n) is 10.9. The second-order valence-corrected chi connectivity index (χ2v) is 5.81. The van der Waals surface area contributed by atoms with Crippen LogP contribution in [0.2, 0.25) is 0 Å². The van der Waals surface area contributed by atoms with Crippen LogP contribution in [0.15, 0.2) is 24.3 Å². The van der Waals surface area contributed by atoms with Crippen molar-refractivity contribution in [1.82, 2.24) is 5.32 Å². The molecular formula is C16H23NO. The summed E-state index contributed by atoms with van der Waals surface area (Å²) in [6.45, 7) is 0.911. The maximum Gasteiger partial charge on any atom is 0.0693 e. The third kappa shape index (κ3) is 2.76. The van der Waals surface area contributed by atoms with Gasteiger partial charge in [0, 0.05) is 12.6 Å². The molecule has 2 atom stereocenters. The number of aliphatic hydroxyl groups excluding tert-OH is 1. The standard InChI is InChI=1S/C16H23NO/c18-16-8-4-3-7-15(16)17-11-13-5-1-2-6-14(13)12-9-10-12/h1-2,5-6,12,15-18H,3-4,7-11H2. The third-order valence-corrected chi connectivity index (χ3v) is 4.36. The maximum absolute atomic E-state index is 9.98. The molecule has 98 valence electrons. The fourth-order valence-electron chi connectivity index (χ4n) is 3.08. The number of hydrogen-bond donors (Lipinski definition) is 2. The van der Waals surface area contributed by atoms with Crippen molar-refractivity contribution in [3.8, 4) is 0 Å². The summed E-state index contributed by atoms with van der Waals surface area (Å²) in [6.07, 6.45) is 7.06. The van der Waals surface area contributed by atoms with Gasteiger partial charge in [-0.15, -0.1) is 0 Å². The molecule has 0 aromatic heterocycles. The number of benzene rings is 1. The van der Waals surface area contributed by atoms with Crippen molar-refractivity contribution in [3.63, 3.8) is 0 Å². The van der Waals surface area contributed by atoms with Crippen molar-refractivity contribution >= 4 is 0 Å². The molecule has 0 radical (unpaired) electrons. The average molecular weight is 245 g/mol. The lowest BCUT2D eigenvalue weighted by molar-refractivity contribution is 0.0902. The first-order valence-electron chi connectivity index (χ1n) is 7.34. The van der Waals surface area contributed by atoms with Crippen LogP contribution in [0.3, 0.4) is 0 Å². The molecular weight excluding hydrogens is 222 g/mol. The molecule has 2 nitrogen and oxygen atoms in total. The summed E-state index contributed by atoms with van der Waals surface area (Å²) in [6, 6.07) is 9.07. The first-order chi connectivity index (χ1) is 8.84. The Morgan fingerprint density at radius 2 is 1.83 bits per heavy atom. The lowest BCUT2D eigenvalue weighted by Crippen LogP contribution is -2.41. The van der Waals surface area contributed by atoms with Gasteiger partial charge in [-0.05, 0) is 42.7 Å². The summed E-state index contributed by atoms with van der Waals surface area (Å²) in [7, 11) is 0. The van der Waals surface area contributed by atoms with Crippen LogP contribution < -0.4 is 5.32 Å². The van der Waals surface area contributed by atoms with E-state index in [4.69, 9.17) is 0 Å². The summed E-state index contributed by atoms with van der Waals surface area (Å²) >= 11 is 0. The SMILES string of the molecule is OC1CCCCC1NCc1ccccc1C1CC1. The van der Waals surface area contributed by atoms with Crippen molar-refractivity contribution in [3.05, 3.63) is 35.4 Å². The highest BCUT2D eigenvalue weighted by Crippen LogP contribution is 2.41. The molecule has 2 aliphatic carbocycles. The molecule has 0 bridgehead atoms. The van der Waals surface area contributed by atoms with Crippen LogP contribution in [0, 0.1) is 0 Å². The van der Waals surface area contributed by atoms with E-state index in [1.807, 2.05) is 0 Å². The van der Waals surface area contributed by atoms with Gasteiger partial charge in [-0.1, -0.05) is 37.1 Å². The van der Waals surface area contributed by atoms with Gasteiger partial charge < -0.3 is 10.4 Å². The van der Waals surface area contributed by atoms with Crippen molar-refractivity contribution in [2.45, 2.75) is 63.1 Å². The van der Waals surface area contributed by atoms with Crippen LogP contribution in [-0.4, -0.2) is 17.3 Å². The van der Waals surface area contributed by atoms with Gasteiger partial charge in [0.2, 0.25) is 0 Å². The van der Waals surface area contributed by atoms with Crippen molar-refractivity contribution in [2.24, 2.45) is 0 Å². The van der Waals surface area contributed by atoms with Gasteiger partial charge in [0.15, 0.2) is 0 Å². The van der Waals surface area contributed by atoms with E-state index in [0.717, 1.165) is 25.3 Å². The van der Waals surface area contributed by atoms with Gasteiger partial charge in [0.25, 0.3) is 0 Å². The fraction of sp³-hybridized carbons (Fsp3) is 0.625. The lowest BCUT2D eigenvalue weighted by Gasteiger charge is -2.28. The van der Waals surface area contributed by atoms with Gasteiger partial charge in [-0.25, -0.2) is 0 Å². The van der Waals surface area contributed by atoms with Crippen LogP contribution in [0.1, 0.15) is 55.6 Å². The molecule has 0 heterocycles. The predicted octanol–water partition coefficient (Wildman–Crippen LogP) is 2.96. The quantitative estimate of drug-likeness (QED) is 0.855. The van der Waals surface area contributed by atoms with Crippen molar-refractivity contribution in [2.75, 3.05) is 0 Å². The van der Waals surface area contributed by atoms with Gasteiger partial charge >= 0.3 is 0 Å². The highest BCUT2D eigenvalue weighted by Gasteiger charge is 2.26. The van der Waals surface area contributed by atoms with Gasteiger partial charge in [0.1, 0.15) is 0 Å². The van der Waals surface area contributed by atoms with E-state index in [1.54, 1.807) is 0 Å². The topological polar surface area (TPSA) is 32.3 Å². The normalized spacial score (nSPS) is 28.3. The molecule has 0 aliphatic heterocycles. The van der Waals surface area contributed by atoms with E-state index in [2.05, 4.69) is 29.6 Å². The minimum atomic E-state index is -0.146. The number of aliphatic hydroxyl groups is 1. The van der Waals surface area contributed by atoms with Crippen molar-refractivity contribution in [1.29, 1.82) is 0 Å². The monoisotopic (exact) mass is 245 g/mol. The second kappa shape index (κ2) is 5.41. The Kier molecular flexibility index (Phi) is 3.67. The smallest absolute Gasteiger partial charge is 0.0693 e. The molecule has 2 N–H and O–H groups in total. The molecule has 1 aromatic carbocycles. The molecule has 1 aromatic rings. The molecule has 3 rings (SSSR count). The summed E-state index contributed by atoms with van der Waals surface area (Å²) in [5.41, 5.74) is 2.95. The minimum Gasteiger partial charge on any atom is -0.392 e. The van der Waals surface area contributed by atoms with Crippen LogP contribution in [-0.2, 0) is 6.54 Å². The predicted molar refractivity (Wildman–Crippen MR) is 73.5 cm³/mol. The Balaban J connectivity index is 1.62. The zero-order valence-corrected chi connectivity index (χ0v) is 10.9. The number of nitrogens with one attached hydrogen (secondary N) is 1. The Labute approximate surface area is 109 Å². The van der Waals surface area contributed by atoms with Crippen molar-refractivity contribution < 1.29 is 5.11 Å². The summed E-state index contributed by atoms with van der Waals surface area (Å²) in [5.74, 6) is 0.805. The van der Waals surface area contributed by atoms with E-state index >= 15 is 0 Å². The molecule has 18 heavy (non-hydrogen) atoms. The Morgan fingerprint density at radius 1 is 1.06 bits per heavy atom. The Bertz CT molecular complexity index is 400. The number of rotatable bonds is 4. The highest BCUT2D eigenvalue weighted by atomic mass is 16.3. The molecule has 0 saturated heterocycles. The first-order valence-corrected chi connectivity index (χ1v) is 7.34. The largest absolute Gasteiger partial charge is 0.392 e. The molecule has 0 spiro atoms. The van der Waals surface area contributed by atoms with Crippen LogP contribution in [0.5, 0.6) is 0 Å². The van der Waals surface area contributed by atoms with E-state index in [-0.39, 0.29) is 6.10 Å². The van der Waals surface area contributed by atoms with E-state index in [0.29, 0.717) is 6.04 Å². The van der Waals surface area contributed by atoms with Gasteiger partial charge in [0.05, 0.1) is 6.10 Å². The molecule has 2 heteroatoms. The van der Waals surface area contributed by atoms with E-state index < -0.39 is 0 Å².